The van der Waals surface area contributed by atoms with Crippen molar-refractivity contribution in [2.24, 2.45) is 5.92 Å². The van der Waals surface area contributed by atoms with Gasteiger partial charge in [0.25, 0.3) is 0 Å². The Hall–Kier alpha value is -2.10. The first-order valence-electron chi connectivity index (χ1n) is 13.5. The van der Waals surface area contributed by atoms with Crippen molar-refractivity contribution in [3.8, 4) is 5.75 Å². The van der Waals surface area contributed by atoms with Crippen molar-refractivity contribution in [3.63, 3.8) is 0 Å². The molecule has 4 atom stereocenters. The first-order valence-corrected chi connectivity index (χ1v) is 13.5. The lowest BCUT2D eigenvalue weighted by Crippen LogP contribution is -2.76. The van der Waals surface area contributed by atoms with Crippen LogP contribution in [0.1, 0.15) is 60.8 Å². The molecule has 2 aliphatic heterocycles. The van der Waals surface area contributed by atoms with Crippen molar-refractivity contribution in [1.29, 1.82) is 0 Å². The number of benzene rings is 2. The highest BCUT2D eigenvalue weighted by Crippen LogP contribution is 2.66. The molecule has 1 unspecified atom stereocenters. The van der Waals surface area contributed by atoms with Crippen molar-refractivity contribution < 1.29 is 9.47 Å². The number of piperidine rings is 1. The standard InChI is InChI=1S/C31H37NO2/c1-21-10-13-25-19-26-31(33-18-6-9-23-7-4-3-5-8-23)15-14-22(2)29-30(31,27(25)28(21)34-29)16-17-32(26)20-24-11-12-24/h3-5,7-8,10,13,24,26,29H,2,6,9,11-12,14-20H2,1H3/t26?,29-,30-,31+/m0/s1. The normalized spacial score (nSPS) is 33.5. The Morgan fingerprint density at radius 3 is 2.79 bits per heavy atom. The summed E-state index contributed by atoms with van der Waals surface area (Å²) in [5, 5.41) is 0. The second-order valence-corrected chi connectivity index (χ2v) is 11.6. The van der Waals surface area contributed by atoms with Crippen LogP contribution in [0.3, 0.4) is 0 Å². The summed E-state index contributed by atoms with van der Waals surface area (Å²) >= 11 is 0. The minimum atomic E-state index is -0.172. The molecule has 3 nitrogen and oxygen atoms in total. The highest BCUT2D eigenvalue weighted by molar-refractivity contribution is 5.62. The first kappa shape index (κ1) is 21.2. The van der Waals surface area contributed by atoms with Gasteiger partial charge in [-0.25, -0.2) is 0 Å². The Kier molecular flexibility index (Phi) is 4.80. The molecule has 34 heavy (non-hydrogen) atoms. The third-order valence-corrected chi connectivity index (χ3v) is 9.70. The zero-order valence-corrected chi connectivity index (χ0v) is 20.5. The number of rotatable bonds is 7. The van der Waals surface area contributed by atoms with E-state index in [4.69, 9.17) is 9.47 Å². The van der Waals surface area contributed by atoms with Crippen molar-refractivity contribution in [3.05, 3.63) is 76.9 Å². The number of nitrogens with zero attached hydrogens (tertiary/aromatic N) is 1. The monoisotopic (exact) mass is 455 g/mol. The van der Waals surface area contributed by atoms with E-state index in [9.17, 15) is 0 Å². The van der Waals surface area contributed by atoms with Crippen LogP contribution in [0.15, 0.2) is 54.6 Å². The van der Waals surface area contributed by atoms with E-state index in [1.54, 1.807) is 0 Å². The van der Waals surface area contributed by atoms with E-state index in [2.05, 4.69) is 60.9 Å². The zero-order chi connectivity index (χ0) is 22.9. The molecule has 3 aliphatic carbocycles. The molecule has 0 N–H and O–H groups in total. The summed E-state index contributed by atoms with van der Waals surface area (Å²) in [6.07, 6.45) is 9.34. The van der Waals surface area contributed by atoms with Gasteiger partial charge in [-0.05, 0) is 93.0 Å². The Bertz CT molecular complexity index is 1120. The van der Waals surface area contributed by atoms with Crippen LogP contribution >= 0.6 is 0 Å². The summed E-state index contributed by atoms with van der Waals surface area (Å²) in [5.74, 6) is 2.05. The minimum Gasteiger partial charge on any atom is -0.484 e. The molecule has 1 spiro atoms. The van der Waals surface area contributed by atoms with Gasteiger partial charge < -0.3 is 9.47 Å². The molecule has 1 saturated heterocycles. The second-order valence-electron chi connectivity index (χ2n) is 11.6. The van der Waals surface area contributed by atoms with Gasteiger partial charge in [0.05, 0.1) is 11.0 Å². The van der Waals surface area contributed by atoms with Gasteiger partial charge in [0.15, 0.2) is 0 Å². The molecule has 178 valence electrons. The fourth-order valence-electron chi connectivity index (χ4n) is 7.98. The summed E-state index contributed by atoms with van der Waals surface area (Å²) < 4.78 is 14.1. The van der Waals surface area contributed by atoms with Gasteiger partial charge in [-0.2, -0.15) is 0 Å². The van der Waals surface area contributed by atoms with Crippen LogP contribution in [-0.4, -0.2) is 42.3 Å². The maximum Gasteiger partial charge on any atom is 0.132 e. The lowest BCUT2D eigenvalue weighted by Gasteiger charge is -2.65. The molecule has 0 radical (unpaired) electrons. The van der Waals surface area contributed by atoms with Crippen LogP contribution in [0.5, 0.6) is 5.75 Å². The number of aryl methyl sites for hydroxylation is 2. The quantitative estimate of drug-likeness (QED) is 0.391. The molecule has 7 rings (SSSR count). The third kappa shape index (κ3) is 2.89. The Balaban J connectivity index is 1.28. The van der Waals surface area contributed by atoms with Crippen LogP contribution < -0.4 is 4.74 Å². The maximum absolute atomic E-state index is 7.27. The Labute approximate surface area is 204 Å². The van der Waals surface area contributed by atoms with Crippen LogP contribution in [0.4, 0.5) is 0 Å². The first-order chi connectivity index (χ1) is 16.6. The molecule has 5 aliphatic rings. The average molecular weight is 456 g/mol. The molecule has 2 aromatic rings. The third-order valence-electron chi connectivity index (χ3n) is 9.70. The number of ether oxygens (including phenoxy) is 2. The van der Waals surface area contributed by atoms with Crippen LogP contribution in [0.25, 0.3) is 0 Å². The summed E-state index contributed by atoms with van der Waals surface area (Å²) in [6, 6.07) is 16.0. The van der Waals surface area contributed by atoms with E-state index in [0.29, 0.717) is 6.04 Å². The number of hydrogen-bond acceptors (Lipinski definition) is 3. The molecular formula is C31H37NO2. The number of likely N-dealkylation sites (tertiary alicyclic amines) is 1. The highest BCUT2D eigenvalue weighted by Gasteiger charge is 2.72. The molecule has 3 fully saturated rings. The molecule has 2 saturated carbocycles. The summed E-state index contributed by atoms with van der Waals surface area (Å²) in [6.45, 7) is 9.99. The topological polar surface area (TPSA) is 21.7 Å². The van der Waals surface area contributed by atoms with E-state index in [0.717, 1.165) is 63.3 Å². The summed E-state index contributed by atoms with van der Waals surface area (Å²) in [7, 11) is 0. The zero-order valence-electron chi connectivity index (χ0n) is 20.5. The van der Waals surface area contributed by atoms with Crippen molar-refractivity contribution in [2.45, 2.75) is 81.5 Å². The highest BCUT2D eigenvalue weighted by atomic mass is 16.5. The molecule has 3 heteroatoms. The van der Waals surface area contributed by atoms with Gasteiger partial charge in [0.2, 0.25) is 0 Å². The molecule has 0 aromatic heterocycles. The fourth-order valence-corrected chi connectivity index (χ4v) is 7.98. The molecule has 2 bridgehead atoms. The lowest BCUT2D eigenvalue weighted by atomic mass is 9.48. The second kappa shape index (κ2) is 7.70. The minimum absolute atomic E-state index is 0.0658. The Morgan fingerprint density at radius 2 is 1.97 bits per heavy atom. The van der Waals surface area contributed by atoms with Crippen LogP contribution in [-0.2, 0) is 23.0 Å². The number of hydrogen-bond donors (Lipinski definition) is 0. The van der Waals surface area contributed by atoms with Gasteiger partial charge in [-0.3, -0.25) is 4.90 Å². The maximum atomic E-state index is 7.27. The van der Waals surface area contributed by atoms with E-state index in [-0.39, 0.29) is 17.1 Å². The van der Waals surface area contributed by atoms with Crippen LogP contribution in [0.2, 0.25) is 0 Å². The summed E-state index contributed by atoms with van der Waals surface area (Å²) in [4.78, 5) is 2.83. The van der Waals surface area contributed by atoms with Crippen molar-refractivity contribution >= 4 is 0 Å². The van der Waals surface area contributed by atoms with E-state index < -0.39 is 0 Å². The summed E-state index contributed by atoms with van der Waals surface area (Å²) in [5.41, 5.74) is 6.70. The Morgan fingerprint density at radius 1 is 1.12 bits per heavy atom. The molecular weight excluding hydrogens is 418 g/mol. The van der Waals surface area contributed by atoms with Gasteiger partial charge in [-0.15, -0.1) is 0 Å². The van der Waals surface area contributed by atoms with Crippen molar-refractivity contribution in [2.75, 3.05) is 19.7 Å². The predicted molar refractivity (Wildman–Crippen MR) is 135 cm³/mol. The van der Waals surface area contributed by atoms with Gasteiger partial charge in [0, 0.05) is 24.8 Å². The van der Waals surface area contributed by atoms with Gasteiger partial charge in [0.1, 0.15) is 11.9 Å². The van der Waals surface area contributed by atoms with E-state index in [1.807, 2.05) is 0 Å². The largest absolute Gasteiger partial charge is 0.484 e. The smallest absolute Gasteiger partial charge is 0.132 e. The molecule has 2 heterocycles. The predicted octanol–water partition coefficient (Wildman–Crippen LogP) is 5.77. The van der Waals surface area contributed by atoms with E-state index >= 15 is 0 Å². The lowest BCUT2D eigenvalue weighted by molar-refractivity contribution is -0.207. The SMILES string of the molecule is C=C1CC[C@@]2(OCCCc3ccccc3)C3Cc4ccc(C)c5c4[C@@]2(CCN3CC2CC2)[C@H]1O5. The average Bonchev–Trinajstić information content (AvgIpc) is 3.59. The van der Waals surface area contributed by atoms with Gasteiger partial charge in [-0.1, -0.05) is 49.0 Å². The van der Waals surface area contributed by atoms with Gasteiger partial charge >= 0.3 is 0 Å². The molecule has 0 amide bonds. The van der Waals surface area contributed by atoms with Crippen LogP contribution in [0, 0.1) is 12.8 Å². The fraction of sp³-hybridized carbons (Fsp3) is 0.548. The van der Waals surface area contributed by atoms with Crippen molar-refractivity contribution in [1.82, 2.24) is 4.90 Å². The van der Waals surface area contributed by atoms with E-state index in [1.165, 1.54) is 47.2 Å². The molecule has 2 aromatic carbocycles.